The molecule has 2 aromatic carbocycles. The van der Waals surface area contributed by atoms with Crippen LogP contribution in [0.2, 0.25) is 0 Å². The molecule has 1 atom stereocenters. The van der Waals surface area contributed by atoms with E-state index in [1.165, 1.54) is 37.7 Å². The van der Waals surface area contributed by atoms with E-state index in [-0.39, 0.29) is 29.2 Å². The zero-order valence-electron chi connectivity index (χ0n) is 18.8. The van der Waals surface area contributed by atoms with Gasteiger partial charge in [0.25, 0.3) is 5.91 Å². The topological polar surface area (TPSA) is 117 Å². The summed E-state index contributed by atoms with van der Waals surface area (Å²) in [6.07, 6.45) is 2.28. The van der Waals surface area contributed by atoms with Crippen molar-refractivity contribution < 1.29 is 32.9 Å². The SMILES string of the molecule is COc1cc2nccc(Oc3c(F)cc(-c4ncccc4C(N)=O)cc3F)c2cc1OC(C)CO. The normalized spacial score (nSPS) is 11.8. The molecule has 2 aromatic heterocycles. The summed E-state index contributed by atoms with van der Waals surface area (Å²) in [5.74, 6) is -2.67. The summed E-state index contributed by atoms with van der Waals surface area (Å²) in [5, 5.41) is 9.72. The Kier molecular flexibility index (Phi) is 6.74. The number of benzene rings is 2. The maximum Gasteiger partial charge on any atom is 0.250 e. The van der Waals surface area contributed by atoms with E-state index < -0.39 is 29.4 Å². The predicted octanol–water partition coefficient (Wildman–Crippen LogP) is 4.23. The van der Waals surface area contributed by atoms with Crippen molar-refractivity contribution >= 4 is 16.8 Å². The average Bonchev–Trinajstić information content (AvgIpc) is 2.85. The van der Waals surface area contributed by atoms with Gasteiger partial charge < -0.3 is 25.1 Å². The van der Waals surface area contributed by atoms with E-state index in [2.05, 4.69) is 9.97 Å². The number of nitrogens with two attached hydrogens (primary N) is 1. The molecule has 0 aliphatic heterocycles. The zero-order chi connectivity index (χ0) is 25.1. The number of amides is 1. The highest BCUT2D eigenvalue weighted by Crippen LogP contribution is 2.39. The summed E-state index contributed by atoms with van der Waals surface area (Å²) in [5.41, 5.74) is 5.89. The summed E-state index contributed by atoms with van der Waals surface area (Å²) >= 11 is 0. The number of nitrogens with zero attached hydrogens (tertiary/aromatic N) is 2. The first-order valence-corrected chi connectivity index (χ1v) is 10.5. The second-order valence-electron chi connectivity index (χ2n) is 7.58. The number of halogens is 2. The van der Waals surface area contributed by atoms with Crippen LogP contribution in [0.1, 0.15) is 17.3 Å². The Morgan fingerprint density at radius 1 is 1.06 bits per heavy atom. The third-order valence-electron chi connectivity index (χ3n) is 5.13. The van der Waals surface area contributed by atoms with Crippen LogP contribution in [0, 0.1) is 11.6 Å². The summed E-state index contributed by atoms with van der Waals surface area (Å²) in [4.78, 5) is 20.0. The van der Waals surface area contributed by atoms with Gasteiger partial charge in [-0.1, -0.05) is 0 Å². The first kappa shape index (κ1) is 23.8. The van der Waals surface area contributed by atoms with E-state index in [0.717, 1.165) is 12.1 Å². The highest BCUT2D eigenvalue weighted by molar-refractivity contribution is 5.98. The van der Waals surface area contributed by atoms with Gasteiger partial charge in [0.2, 0.25) is 0 Å². The molecular formula is C25H21F2N3O5. The molecule has 8 nitrogen and oxygen atoms in total. The molecule has 2 heterocycles. The van der Waals surface area contributed by atoms with E-state index in [0.29, 0.717) is 22.4 Å². The van der Waals surface area contributed by atoms with Crippen molar-refractivity contribution in [2.24, 2.45) is 5.73 Å². The Labute approximate surface area is 198 Å². The van der Waals surface area contributed by atoms with Crippen LogP contribution in [0.3, 0.4) is 0 Å². The third-order valence-corrected chi connectivity index (χ3v) is 5.13. The molecule has 4 rings (SSSR count). The van der Waals surface area contributed by atoms with Crippen molar-refractivity contribution in [1.82, 2.24) is 9.97 Å². The Hall–Kier alpha value is -4.31. The molecule has 0 aliphatic carbocycles. The second-order valence-corrected chi connectivity index (χ2v) is 7.58. The number of rotatable bonds is 8. The van der Waals surface area contributed by atoms with Crippen molar-refractivity contribution in [2.45, 2.75) is 13.0 Å². The number of methoxy groups -OCH3 is 1. The lowest BCUT2D eigenvalue weighted by Crippen LogP contribution is -2.16. The monoisotopic (exact) mass is 481 g/mol. The summed E-state index contributed by atoms with van der Waals surface area (Å²) in [7, 11) is 1.45. The number of ether oxygens (including phenoxy) is 3. The Balaban J connectivity index is 1.76. The minimum Gasteiger partial charge on any atom is -0.493 e. The van der Waals surface area contributed by atoms with Crippen LogP contribution in [-0.2, 0) is 0 Å². The van der Waals surface area contributed by atoms with Crippen LogP contribution in [0.25, 0.3) is 22.2 Å². The quantitative estimate of drug-likeness (QED) is 0.387. The highest BCUT2D eigenvalue weighted by Gasteiger charge is 2.20. The van der Waals surface area contributed by atoms with E-state index in [4.69, 9.17) is 19.9 Å². The van der Waals surface area contributed by atoms with E-state index in [1.54, 1.807) is 19.1 Å². The van der Waals surface area contributed by atoms with Crippen molar-refractivity contribution in [3.8, 4) is 34.3 Å². The fraction of sp³-hybridized carbons (Fsp3) is 0.160. The lowest BCUT2D eigenvalue weighted by molar-refractivity contribution is 0.100. The van der Waals surface area contributed by atoms with Gasteiger partial charge in [0.15, 0.2) is 28.9 Å². The fourth-order valence-electron chi connectivity index (χ4n) is 3.46. The van der Waals surface area contributed by atoms with Gasteiger partial charge >= 0.3 is 0 Å². The molecular weight excluding hydrogens is 460 g/mol. The maximum absolute atomic E-state index is 15.0. The number of aliphatic hydroxyl groups excluding tert-OH is 1. The standard InChI is InChI=1S/C25H21F2N3O5/c1-13(12-31)34-22-10-16-19(11-21(22)33-2)29-7-5-20(16)35-24-17(26)8-14(9-18(24)27)23-15(25(28)32)4-3-6-30-23/h3-11,13,31H,12H2,1-2H3,(H2,28,32). The van der Waals surface area contributed by atoms with Crippen molar-refractivity contribution in [3.05, 3.63) is 72.1 Å². The van der Waals surface area contributed by atoms with Crippen LogP contribution in [0.5, 0.6) is 23.0 Å². The number of carbonyl (C=O) groups is 1. The van der Waals surface area contributed by atoms with Crippen LogP contribution in [-0.4, -0.2) is 40.8 Å². The van der Waals surface area contributed by atoms with Crippen molar-refractivity contribution in [2.75, 3.05) is 13.7 Å². The minimum absolute atomic E-state index is 0.0266. The molecule has 0 spiro atoms. The van der Waals surface area contributed by atoms with Gasteiger partial charge in [0, 0.05) is 29.4 Å². The molecule has 0 saturated heterocycles. The molecule has 4 aromatic rings. The molecule has 0 bridgehead atoms. The first-order chi connectivity index (χ1) is 16.8. The van der Waals surface area contributed by atoms with Gasteiger partial charge in [0.05, 0.1) is 30.5 Å². The van der Waals surface area contributed by atoms with Gasteiger partial charge in [0.1, 0.15) is 11.9 Å². The number of carbonyl (C=O) groups excluding carboxylic acids is 1. The fourth-order valence-corrected chi connectivity index (χ4v) is 3.46. The molecule has 1 amide bonds. The molecule has 0 fully saturated rings. The molecule has 180 valence electrons. The second kappa shape index (κ2) is 9.90. The lowest BCUT2D eigenvalue weighted by Gasteiger charge is -2.17. The van der Waals surface area contributed by atoms with Gasteiger partial charge in [-0.2, -0.15) is 0 Å². The van der Waals surface area contributed by atoms with E-state index in [9.17, 15) is 9.90 Å². The highest BCUT2D eigenvalue weighted by atomic mass is 19.1. The van der Waals surface area contributed by atoms with Crippen LogP contribution in [0.4, 0.5) is 8.78 Å². The summed E-state index contributed by atoms with van der Waals surface area (Å²) in [6, 6.07) is 9.53. The Morgan fingerprint density at radius 2 is 1.80 bits per heavy atom. The molecule has 0 radical (unpaired) electrons. The number of aliphatic hydroxyl groups is 1. The molecule has 35 heavy (non-hydrogen) atoms. The van der Waals surface area contributed by atoms with Crippen LogP contribution < -0.4 is 19.9 Å². The molecule has 10 heteroatoms. The first-order valence-electron chi connectivity index (χ1n) is 10.5. The Bertz CT molecular complexity index is 1390. The third kappa shape index (κ3) is 4.82. The number of aromatic nitrogens is 2. The summed E-state index contributed by atoms with van der Waals surface area (Å²) < 4.78 is 46.7. The molecule has 3 N–H and O–H groups in total. The van der Waals surface area contributed by atoms with Gasteiger partial charge in [-0.25, -0.2) is 8.78 Å². The lowest BCUT2D eigenvalue weighted by atomic mass is 10.0. The Morgan fingerprint density at radius 3 is 2.46 bits per heavy atom. The van der Waals surface area contributed by atoms with Gasteiger partial charge in [-0.15, -0.1) is 0 Å². The number of hydrogen-bond donors (Lipinski definition) is 2. The zero-order valence-corrected chi connectivity index (χ0v) is 18.8. The van der Waals surface area contributed by atoms with Crippen molar-refractivity contribution in [1.29, 1.82) is 0 Å². The van der Waals surface area contributed by atoms with Gasteiger partial charge in [-0.3, -0.25) is 14.8 Å². The number of fused-ring (bicyclic) bond motifs is 1. The van der Waals surface area contributed by atoms with E-state index in [1.807, 2.05) is 0 Å². The van der Waals surface area contributed by atoms with Gasteiger partial charge in [-0.05, 0) is 43.3 Å². The maximum atomic E-state index is 15.0. The number of pyridine rings is 2. The van der Waals surface area contributed by atoms with Crippen LogP contribution >= 0.6 is 0 Å². The largest absolute Gasteiger partial charge is 0.493 e. The molecule has 0 aliphatic rings. The van der Waals surface area contributed by atoms with Crippen molar-refractivity contribution in [3.63, 3.8) is 0 Å². The predicted molar refractivity (Wildman–Crippen MR) is 124 cm³/mol. The number of hydrogen-bond acceptors (Lipinski definition) is 7. The minimum atomic E-state index is -1.01. The smallest absolute Gasteiger partial charge is 0.250 e. The molecule has 0 saturated carbocycles. The average molecular weight is 481 g/mol. The number of primary amides is 1. The molecule has 1 unspecified atom stereocenters. The van der Waals surface area contributed by atoms with E-state index >= 15 is 8.78 Å². The summed E-state index contributed by atoms with van der Waals surface area (Å²) in [6.45, 7) is 1.44. The van der Waals surface area contributed by atoms with Crippen LogP contribution in [0.15, 0.2) is 54.9 Å².